The van der Waals surface area contributed by atoms with E-state index >= 15 is 0 Å². The Hall–Kier alpha value is -2.00. The zero-order valence-corrected chi connectivity index (χ0v) is 15.9. The zero-order chi connectivity index (χ0) is 18.2. The number of rotatable bonds is 9. The van der Waals surface area contributed by atoms with Gasteiger partial charge in [-0.3, -0.25) is 0 Å². The highest BCUT2D eigenvalue weighted by atomic mass is 16.5. The molecule has 0 spiro atoms. The molecule has 0 saturated carbocycles. The Balaban J connectivity index is 2.13. The Morgan fingerprint density at radius 3 is 2.52 bits per heavy atom. The van der Waals surface area contributed by atoms with E-state index in [0.29, 0.717) is 6.54 Å². The van der Waals surface area contributed by atoms with E-state index in [2.05, 4.69) is 44.2 Å². The molecule has 25 heavy (non-hydrogen) atoms. The van der Waals surface area contributed by atoms with E-state index in [1.165, 1.54) is 16.7 Å². The van der Waals surface area contributed by atoms with Gasteiger partial charge in [-0.15, -0.1) is 0 Å². The number of benzene rings is 2. The summed E-state index contributed by atoms with van der Waals surface area (Å²) in [4.78, 5) is 0. The third-order valence-electron chi connectivity index (χ3n) is 4.17. The lowest BCUT2D eigenvalue weighted by molar-refractivity contribution is 0.242. The van der Waals surface area contributed by atoms with Crippen molar-refractivity contribution in [1.29, 1.82) is 0 Å². The second kappa shape index (κ2) is 9.47. The van der Waals surface area contributed by atoms with Crippen LogP contribution in [0.3, 0.4) is 0 Å². The molecule has 0 amide bonds. The molecule has 3 nitrogen and oxygen atoms in total. The van der Waals surface area contributed by atoms with E-state index in [0.717, 1.165) is 30.9 Å². The fraction of sp³-hybridized carbons (Fsp3) is 0.455. The highest BCUT2D eigenvalue weighted by Gasteiger charge is 2.13. The van der Waals surface area contributed by atoms with Crippen LogP contribution in [0, 0.1) is 6.92 Å². The van der Waals surface area contributed by atoms with Crippen molar-refractivity contribution in [3.05, 3.63) is 59.2 Å². The molecule has 0 heterocycles. The van der Waals surface area contributed by atoms with Gasteiger partial charge in [-0.1, -0.05) is 31.2 Å². The van der Waals surface area contributed by atoms with Crippen LogP contribution in [-0.2, 0) is 6.42 Å². The lowest BCUT2D eigenvalue weighted by Gasteiger charge is -2.18. The minimum Gasteiger partial charge on any atom is -0.493 e. The molecule has 0 aliphatic carbocycles. The van der Waals surface area contributed by atoms with Crippen molar-refractivity contribution in [1.82, 2.24) is 0 Å². The number of aryl methyl sites for hydroxylation is 1. The largest absolute Gasteiger partial charge is 0.493 e. The van der Waals surface area contributed by atoms with Gasteiger partial charge in [0.25, 0.3) is 0 Å². The van der Waals surface area contributed by atoms with Gasteiger partial charge in [-0.2, -0.15) is 0 Å². The van der Waals surface area contributed by atoms with Crippen LogP contribution < -0.4 is 15.2 Å². The van der Waals surface area contributed by atoms with E-state index in [-0.39, 0.29) is 12.0 Å². The van der Waals surface area contributed by atoms with Crippen LogP contribution in [0.25, 0.3) is 0 Å². The molecule has 136 valence electrons. The molecule has 2 N–H and O–H groups in total. The summed E-state index contributed by atoms with van der Waals surface area (Å²) < 4.78 is 11.6. The van der Waals surface area contributed by atoms with E-state index in [4.69, 9.17) is 15.2 Å². The second-order valence-electron chi connectivity index (χ2n) is 6.82. The van der Waals surface area contributed by atoms with Gasteiger partial charge in [0.2, 0.25) is 0 Å². The van der Waals surface area contributed by atoms with Crippen molar-refractivity contribution in [3.63, 3.8) is 0 Å². The molecule has 2 aromatic rings. The summed E-state index contributed by atoms with van der Waals surface area (Å²) in [5.41, 5.74) is 9.76. The predicted octanol–water partition coefficient (Wildman–Crippen LogP) is 4.86. The van der Waals surface area contributed by atoms with Crippen LogP contribution in [-0.4, -0.2) is 19.3 Å². The van der Waals surface area contributed by atoms with Crippen LogP contribution in [0.4, 0.5) is 0 Å². The first-order chi connectivity index (χ1) is 12.0. The standard InChI is InChI=1S/C22H31NO2/c1-5-11-24-22-10-9-19(12-17(22)4)20(15-23)13-18-7-6-8-21(14-18)25-16(2)3/h6-10,12,14,16,20H,5,11,13,15,23H2,1-4H3. The van der Waals surface area contributed by atoms with Gasteiger partial charge in [-0.05, 0) is 75.0 Å². The first kappa shape index (κ1) is 19.3. The number of ether oxygens (including phenoxy) is 2. The van der Waals surface area contributed by atoms with Crippen molar-refractivity contribution in [3.8, 4) is 11.5 Å². The molecule has 0 aliphatic heterocycles. The van der Waals surface area contributed by atoms with Crippen LogP contribution >= 0.6 is 0 Å². The summed E-state index contributed by atoms with van der Waals surface area (Å²) in [5, 5.41) is 0. The summed E-state index contributed by atoms with van der Waals surface area (Å²) >= 11 is 0. The fourth-order valence-corrected chi connectivity index (χ4v) is 2.94. The maximum Gasteiger partial charge on any atom is 0.122 e. The summed E-state index contributed by atoms with van der Waals surface area (Å²) in [7, 11) is 0. The van der Waals surface area contributed by atoms with E-state index in [1.54, 1.807) is 0 Å². The van der Waals surface area contributed by atoms with Crippen molar-refractivity contribution in [2.24, 2.45) is 5.73 Å². The molecule has 0 aliphatic rings. The topological polar surface area (TPSA) is 44.5 Å². The van der Waals surface area contributed by atoms with Gasteiger partial charge in [0.05, 0.1) is 12.7 Å². The van der Waals surface area contributed by atoms with E-state index in [9.17, 15) is 0 Å². The molecule has 0 fully saturated rings. The smallest absolute Gasteiger partial charge is 0.122 e. The predicted molar refractivity (Wildman–Crippen MR) is 105 cm³/mol. The number of hydrogen-bond acceptors (Lipinski definition) is 3. The van der Waals surface area contributed by atoms with Crippen molar-refractivity contribution >= 4 is 0 Å². The Morgan fingerprint density at radius 2 is 1.88 bits per heavy atom. The molecule has 2 aromatic carbocycles. The van der Waals surface area contributed by atoms with E-state index < -0.39 is 0 Å². The molecule has 0 bridgehead atoms. The normalized spacial score (nSPS) is 12.2. The Morgan fingerprint density at radius 1 is 1.08 bits per heavy atom. The Kier molecular flexibility index (Phi) is 7.32. The summed E-state index contributed by atoms with van der Waals surface area (Å²) in [6.07, 6.45) is 2.10. The monoisotopic (exact) mass is 341 g/mol. The first-order valence-electron chi connectivity index (χ1n) is 9.22. The Bertz CT molecular complexity index is 667. The highest BCUT2D eigenvalue weighted by Crippen LogP contribution is 2.27. The molecule has 0 aromatic heterocycles. The lowest BCUT2D eigenvalue weighted by atomic mass is 9.91. The third kappa shape index (κ3) is 5.79. The van der Waals surface area contributed by atoms with Crippen molar-refractivity contribution < 1.29 is 9.47 Å². The average Bonchev–Trinajstić information content (AvgIpc) is 2.58. The summed E-state index contributed by atoms with van der Waals surface area (Å²) in [6.45, 7) is 9.66. The maximum atomic E-state index is 6.08. The fourth-order valence-electron chi connectivity index (χ4n) is 2.94. The second-order valence-corrected chi connectivity index (χ2v) is 6.82. The molecule has 3 heteroatoms. The zero-order valence-electron chi connectivity index (χ0n) is 15.9. The minimum absolute atomic E-state index is 0.180. The van der Waals surface area contributed by atoms with Gasteiger partial charge in [0.1, 0.15) is 11.5 Å². The number of nitrogens with two attached hydrogens (primary N) is 1. The lowest BCUT2D eigenvalue weighted by Crippen LogP contribution is -2.15. The van der Waals surface area contributed by atoms with Crippen molar-refractivity contribution in [2.45, 2.75) is 52.6 Å². The van der Waals surface area contributed by atoms with Gasteiger partial charge < -0.3 is 15.2 Å². The third-order valence-corrected chi connectivity index (χ3v) is 4.17. The maximum absolute atomic E-state index is 6.08. The van der Waals surface area contributed by atoms with Gasteiger partial charge in [-0.25, -0.2) is 0 Å². The van der Waals surface area contributed by atoms with Crippen LogP contribution in [0.15, 0.2) is 42.5 Å². The summed E-state index contributed by atoms with van der Waals surface area (Å²) in [5.74, 6) is 2.17. The van der Waals surface area contributed by atoms with Crippen molar-refractivity contribution in [2.75, 3.05) is 13.2 Å². The van der Waals surface area contributed by atoms with Gasteiger partial charge >= 0.3 is 0 Å². The molecule has 2 rings (SSSR count). The molecular formula is C22H31NO2. The molecule has 0 saturated heterocycles. The Labute approximate surface area is 152 Å². The molecular weight excluding hydrogens is 310 g/mol. The van der Waals surface area contributed by atoms with Crippen LogP contribution in [0.2, 0.25) is 0 Å². The minimum atomic E-state index is 0.180. The molecule has 1 atom stereocenters. The van der Waals surface area contributed by atoms with Crippen LogP contribution in [0.1, 0.15) is 49.8 Å². The average molecular weight is 341 g/mol. The highest BCUT2D eigenvalue weighted by molar-refractivity contribution is 5.39. The molecule has 1 unspecified atom stereocenters. The van der Waals surface area contributed by atoms with E-state index in [1.807, 2.05) is 26.0 Å². The van der Waals surface area contributed by atoms with Gasteiger partial charge in [0.15, 0.2) is 0 Å². The number of hydrogen-bond donors (Lipinski definition) is 1. The summed E-state index contributed by atoms with van der Waals surface area (Å²) in [6, 6.07) is 14.7. The van der Waals surface area contributed by atoms with Gasteiger partial charge in [0, 0.05) is 5.92 Å². The SMILES string of the molecule is CCCOc1ccc(C(CN)Cc2cccc(OC(C)C)c2)cc1C. The van der Waals surface area contributed by atoms with Crippen LogP contribution in [0.5, 0.6) is 11.5 Å². The molecule has 0 radical (unpaired) electrons. The quantitative estimate of drug-likeness (QED) is 0.708. The first-order valence-corrected chi connectivity index (χ1v) is 9.22.